The van der Waals surface area contributed by atoms with Gasteiger partial charge in [-0.2, -0.15) is 0 Å². The molecule has 0 aliphatic carbocycles. The zero-order valence-corrected chi connectivity index (χ0v) is 14.5. The van der Waals surface area contributed by atoms with Crippen LogP contribution in [-0.2, 0) is 0 Å². The summed E-state index contributed by atoms with van der Waals surface area (Å²) in [6.45, 7) is 6.82. The lowest BCUT2D eigenvalue weighted by atomic mass is 10.1. The summed E-state index contributed by atoms with van der Waals surface area (Å²) in [5.74, 6) is -1.03. The number of halogens is 2. The van der Waals surface area contributed by atoms with Gasteiger partial charge in [-0.1, -0.05) is 19.4 Å². The first-order valence-electron chi connectivity index (χ1n) is 8.08. The molecule has 1 unspecified atom stereocenters. The second-order valence-corrected chi connectivity index (χ2v) is 5.70. The average molecular weight is 326 g/mol. The van der Waals surface area contributed by atoms with Crippen molar-refractivity contribution in [1.29, 1.82) is 0 Å². The van der Waals surface area contributed by atoms with Crippen LogP contribution in [0.1, 0.15) is 38.3 Å². The van der Waals surface area contributed by atoms with Crippen molar-refractivity contribution >= 4 is 5.96 Å². The summed E-state index contributed by atoms with van der Waals surface area (Å²) in [5.41, 5.74) is 0.673. The Hall–Kier alpha value is -1.69. The normalized spacial score (nSPS) is 13.3. The molecule has 23 heavy (non-hydrogen) atoms. The Labute approximate surface area is 138 Å². The number of nitrogens with one attached hydrogen (secondary N) is 2. The topological polar surface area (TPSA) is 39.7 Å². The van der Waals surface area contributed by atoms with Crippen LogP contribution in [-0.4, -0.2) is 44.6 Å². The Kier molecular flexibility index (Phi) is 8.55. The highest BCUT2D eigenvalue weighted by atomic mass is 19.2. The van der Waals surface area contributed by atoms with E-state index in [1.165, 1.54) is 18.9 Å². The van der Waals surface area contributed by atoms with E-state index in [0.717, 1.165) is 25.7 Å². The highest BCUT2D eigenvalue weighted by Crippen LogP contribution is 2.15. The molecule has 0 saturated heterocycles. The van der Waals surface area contributed by atoms with Crippen LogP contribution in [0.25, 0.3) is 0 Å². The SMILES string of the molecule is CCCCN(C)CCNC(=NC)NC(C)c1ccc(F)c(F)c1. The quantitative estimate of drug-likeness (QED) is 0.570. The third-order valence-electron chi connectivity index (χ3n) is 3.70. The number of guanidine groups is 1. The van der Waals surface area contributed by atoms with Crippen molar-refractivity contribution in [2.24, 2.45) is 4.99 Å². The minimum Gasteiger partial charge on any atom is -0.355 e. The molecule has 0 aliphatic rings. The van der Waals surface area contributed by atoms with Gasteiger partial charge in [0.05, 0.1) is 6.04 Å². The van der Waals surface area contributed by atoms with Crippen LogP contribution in [0.3, 0.4) is 0 Å². The van der Waals surface area contributed by atoms with E-state index >= 15 is 0 Å². The summed E-state index contributed by atoms with van der Waals surface area (Å²) in [7, 11) is 3.78. The summed E-state index contributed by atoms with van der Waals surface area (Å²) in [4.78, 5) is 6.43. The summed E-state index contributed by atoms with van der Waals surface area (Å²) >= 11 is 0. The molecule has 1 aromatic carbocycles. The molecule has 130 valence electrons. The van der Waals surface area contributed by atoms with Crippen molar-refractivity contribution in [1.82, 2.24) is 15.5 Å². The van der Waals surface area contributed by atoms with Gasteiger partial charge in [0.1, 0.15) is 0 Å². The Morgan fingerprint density at radius 2 is 2.00 bits per heavy atom. The molecule has 4 nitrogen and oxygen atoms in total. The van der Waals surface area contributed by atoms with Crippen molar-refractivity contribution in [3.05, 3.63) is 35.4 Å². The predicted molar refractivity (Wildman–Crippen MR) is 91.7 cm³/mol. The number of hydrogen-bond acceptors (Lipinski definition) is 2. The maximum Gasteiger partial charge on any atom is 0.191 e. The number of benzene rings is 1. The molecule has 0 spiro atoms. The lowest BCUT2D eigenvalue weighted by Gasteiger charge is -2.20. The zero-order valence-electron chi connectivity index (χ0n) is 14.5. The highest BCUT2D eigenvalue weighted by molar-refractivity contribution is 5.80. The Morgan fingerprint density at radius 1 is 1.26 bits per heavy atom. The molecule has 0 saturated carbocycles. The molecule has 2 N–H and O–H groups in total. The smallest absolute Gasteiger partial charge is 0.191 e. The van der Waals surface area contributed by atoms with Crippen LogP contribution in [0, 0.1) is 11.6 Å². The number of nitrogens with zero attached hydrogens (tertiary/aromatic N) is 2. The van der Waals surface area contributed by atoms with Gasteiger partial charge in [-0.05, 0) is 44.6 Å². The maximum absolute atomic E-state index is 13.3. The molecule has 1 rings (SSSR count). The molecular formula is C17H28F2N4. The zero-order chi connectivity index (χ0) is 17.2. The van der Waals surface area contributed by atoms with E-state index in [1.807, 2.05) is 6.92 Å². The lowest BCUT2D eigenvalue weighted by molar-refractivity contribution is 0.332. The fourth-order valence-corrected chi connectivity index (χ4v) is 2.17. The van der Waals surface area contributed by atoms with Crippen molar-refractivity contribution in [2.45, 2.75) is 32.7 Å². The number of likely N-dealkylation sites (N-methyl/N-ethyl adjacent to an activating group) is 1. The summed E-state index contributed by atoms with van der Waals surface area (Å²) in [6.07, 6.45) is 2.38. The van der Waals surface area contributed by atoms with E-state index < -0.39 is 11.6 Å². The Morgan fingerprint density at radius 3 is 2.61 bits per heavy atom. The van der Waals surface area contributed by atoms with Gasteiger partial charge >= 0.3 is 0 Å². The maximum atomic E-state index is 13.3. The fraction of sp³-hybridized carbons (Fsp3) is 0.588. The van der Waals surface area contributed by atoms with Gasteiger partial charge in [-0.15, -0.1) is 0 Å². The van der Waals surface area contributed by atoms with Crippen LogP contribution in [0.4, 0.5) is 8.78 Å². The third-order valence-corrected chi connectivity index (χ3v) is 3.70. The van der Waals surface area contributed by atoms with E-state index in [9.17, 15) is 8.78 Å². The van der Waals surface area contributed by atoms with Gasteiger partial charge in [0.15, 0.2) is 17.6 Å². The number of aliphatic imine (C=N–C) groups is 1. The van der Waals surface area contributed by atoms with Gasteiger partial charge in [-0.25, -0.2) is 8.78 Å². The summed E-state index contributed by atoms with van der Waals surface area (Å²) in [6, 6.07) is 3.75. The van der Waals surface area contributed by atoms with Crippen molar-refractivity contribution in [3.8, 4) is 0 Å². The van der Waals surface area contributed by atoms with E-state index in [0.29, 0.717) is 11.5 Å². The molecule has 0 heterocycles. The van der Waals surface area contributed by atoms with Gasteiger partial charge < -0.3 is 15.5 Å². The van der Waals surface area contributed by atoms with E-state index in [4.69, 9.17) is 0 Å². The highest BCUT2D eigenvalue weighted by Gasteiger charge is 2.10. The molecule has 0 aliphatic heterocycles. The van der Waals surface area contributed by atoms with Crippen molar-refractivity contribution in [2.75, 3.05) is 33.7 Å². The van der Waals surface area contributed by atoms with E-state index in [2.05, 4.69) is 34.5 Å². The van der Waals surface area contributed by atoms with E-state index in [-0.39, 0.29) is 6.04 Å². The molecular weight excluding hydrogens is 298 g/mol. The van der Waals surface area contributed by atoms with Gasteiger partial charge in [0.2, 0.25) is 0 Å². The predicted octanol–water partition coefficient (Wildman–Crippen LogP) is 2.92. The first kappa shape index (κ1) is 19.4. The Balaban J connectivity index is 2.45. The molecule has 1 aromatic rings. The van der Waals surface area contributed by atoms with Gasteiger partial charge in [0.25, 0.3) is 0 Å². The van der Waals surface area contributed by atoms with Crippen LogP contribution in [0.5, 0.6) is 0 Å². The molecule has 0 fully saturated rings. The summed E-state index contributed by atoms with van der Waals surface area (Å²) in [5, 5.41) is 6.41. The minimum absolute atomic E-state index is 0.172. The second-order valence-electron chi connectivity index (χ2n) is 5.70. The number of rotatable bonds is 8. The van der Waals surface area contributed by atoms with Crippen molar-refractivity contribution in [3.63, 3.8) is 0 Å². The molecule has 0 aromatic heterocycles. The minimum atomic E-state index is -0.836. The monoisotopic (exact) mass is 326 g/mol. The molecule has 6 heteroatoms. The number of hydrogen-bond donors (Lipinski definition) is 2. The fourth-order valence-electron chi connectivity index (χ4n) is 2.17. The van der Waals surface area contributed by atoms with Crippen molar-refractivity contribution < 1.29 is 8.78 Å². The molecule has 0 bridgehead atoms. The van der Waals surface area contributed by atoms with Gasteiger partial charge in [-0.3, -0.25) is 4.99 Å². The van der Waals surface area contributed by atoms with Crippen LogP contribution in [0.2, 0.25) is 0 Å². The second kappa shape index (κ2) is 10.2. The van der Waals surface area contributed by atoms with Gasteiger partial charge in [0, 0.05) is 20.1 Å². The third kappa shape index (κ3) is 6.95. The number of unbranched alkanes of at least 4 members (excludes halogenated alkanes) is 1. The first-order chi connectivity index (χ1) is 11.0. The first-order valence-corrected chi connectivity index (χ1v) is 8.08. The van der Waals surface area contributed by atoms with Crippen LogP contribution < -0.4 is 10.6 Å². The molecule has 0 amide bonds. The Bertz CT molecular complexity index is 505. The van der Waals surface area contributed by atoms with E-state index in [1.54, 1.807) is 13.1 Å². The largest absolute Gasteiger partial charge is 0.355 e. The lowest BCUT2D eigenvalue weighted by Crippen LogP contribution is -2.42. The standard InChI is InChI=1S/C17H28F2N4/c1-5-6-10-23(4)11-9-21-17(20-3)22-13(2)14-7-8-15(18)16(19)12-14/h7-8,12-13H,5-6,9-11H2,1-4H3,(H2,20,21,22). The molecule has 1 atom stereocenters. The van der Waals surface area contributed by atoms with Crippen LogP contribution >= 0.6 is 0 Å². The van der Waals surface area contributed by atoms with Crippen LogP contribution in [0.15, 0.2) is 23.2 Å². The average Bonchev–Trinajstić information content (AvgIpc) is 2.54. The summed E-state index contributed by atoms with van der Waals surface area (Å²) < 4.78 is 26.3. The molecule has 0 radical (unpaired) electrons.